The second-order valence-electron chi connectivity index (χ2n) is 7.14. The monoisotopic (exact) mass is 517 g/mol. The van der Waals surface area contributed by atoms with E-state index < -0.39 is 0 Å². The van der Waals surface area contributed by atoms with E-state index in [1.54, 1.807) is 17.1 Å². The van der Waals surface area contributed by atoms with Crippen LogP contribution in [-0.2, 0) is 4.79 Å². The van der Waals surface area contributed by atoms with Crippen molar-refractivity contribution in [3.63, 3.8) is 0 Å². The van der Waals surface area contributed by atoms with Gasteiger partial charge in [-0.25, -0.2) is 14.4 Å². The number of amides is 1. The number of alkyl halides is 1. The number of fused-ring (bicyclic) bond motifs is 1. The molecular formula is C22H21FIN5O. The van der Waals surface area contributed by atoms with E-state index in [-0.39, 0.29) is 15.8 Å². The van der Waals surface area contributed by atoms with Crippen LogP contribution in [0.2, 0.25) is 0 Å². The Bertz CT molecular complexity index is 1110. The Hall–Kier alpha value is -2.75. The van der Waals surface area contributed by atoms with Crippen LogP contribution in [0.15, 0.2) is 53.5 Å². The molecule has 1 atom stereocenters. The van der Waals surface area contributed by atoms with Gasteiger partial charge in [0.25, 0.3) is 0 Å². The second-order valence-corrected chi connectivity index (χ2v) is 8.32. The van der Waals surface area contributed by atoms with E-state index >= 15 is 0 Å². The van der Waals surface area contributed by atoms with Crippen LogP contribution in [0.5, 0.6) is 0 Å². The molecule has 4 rings (SSSR count). The summed E-state index contributed by atoms with van der Waals surface area (Å²) < 4.78 is 13.1. The van der Waals surface area contributed by atoms with Crippen molar-refractivity contribution in [2.24, 2.45) is 4.99 Å². The maximum Gasteiger partial charge on any atom is 0.238 e. The number of rotatable bonds is 5. The maximum absolute atomic E-state index is 13.4. The minimum atomic E-state index is -0.302. The fourth-order valence-electron chi connectivity index (χ4n) is 3.35. The third-order valence-corrected chi connectivity index (χ3v) is 5.97. The Balaban J connectivity index is 1.83. The third-order valence-electron chi connectivity index (χ3n) is 4.79. The Labute approximate surface area is 187 Å². The van der Waals surface area contributed by atoms with Crippen molar-refractivity contribution in [3.05, 3.63) is 71.2 Å². The number of amidine groups is 1. The molecule has 1 unspecified atom stereocenters. The minimum absolute atomic E-state index is 0.0683. The van der Waals surface area contributed by atoms with E-state index in [2.05, 4.69) is 38.2 Å². The lowest BCUT2D eigenvalue weighted by Gasteiger charge is -2.33. The highest BCUT2D eigenvalue weighted by Gasteiger charge is 2.34. The first kappa shape index (κ1) is 20.5. The molecule has 0 saturated heterocycles. The molecule has 1 amide bonds. The van der Waals surface area contributed by atoms with Crippen molar-refractivity contribution in [3.8, 4) is 11.3 Å². The first-order valence-corrected chi connectivity index (χ1v) is 10.9. The lowest BCUT2D eigenvalue weighted by atomic mass is 10.1. The summed E-state index contributed by atoms with van der Waals surface area (Å²) in [6.45, 7) is 3.98. The molecule has 1 aliphatic rings. The highest BCUT2D eigenvalue weighted by atomic mass is 127. The summed E-state index contributed by atoms with van der Waals surface area (Å²) in [4.78, 5) is 17.3. The van der Waals surface area contributed by atoms with Gasteiger partial charge in [0.15, 0.2) is 5.84 Å². The minimum Gasteiger partial charge on any atom is -0.277 e. The van der Waals surface area contributed by atoms with Crippen LogP contribution in [0.25, 0.3) is 11.3 Å². The fourth-order valence-corrected chi connectivity index (χ4v) is 4.19. The number of carbonyl (C=O) groups is 1. The zero-order chi connectivity index (χ0) is 21.3. The molecule has 0 saturated carbocycles. The standard InChI is InChI=1S/C22H21FIN5O/c1-3-5-17(30)28-29-21(24)20-19(25-22(29)15-7-4-6-13(2)12-15)18(26-27-20)14-8-10-16(23)11-9-14/h4,6-12,21H,3,5H2,1-2H3,(H,26,27)(H,28,30). The Morgan fingerprint density at radius 2 is 2.00 bits per heavy atom. The van der Waals surface area contributed by atoms with Crippen molar-refractivity contribution in [2.75, 3.05) is 0 Å². The smallest absolute Gasteiger partial charge is 0.238 e. The summed E-state index contributed by atoms with van der Waals surface area (Å²) in [5.41, 5.74) is 7.88. The highest BCUT2D eigenvalue weighted by molar-refractivity contribution is 14.1. The van der Waals surface area contributed by atoms with Crippen LogP contribution in [0.3, 0.4) is 0 Å². The fraction of sp³-hybridized carbons (Fsp3) is 0.227. The van der Waals surface area contributed by atoms with Crippen LogP contribution in [0, 0.1) is 12.7 Å². The van der Waals surface area contributed by atoms with E-state index in [0.29, 0.717) is 23.6 Å². The van der Waals surface area contributed by atoms with Crippen molar-refractivity contribution in [2.45, 2.75) is 30.7 Å². The molecule has 30 heavy (non-hydrogen) atoms. The molecule has 3 aromatic rings. The van der Waals surface area contributed by atoms with Gasteiger partial charge in [0, 0.05) is 17.5 Å². The number of aromatic amines is 1. The number of hydrogen-bond acceptors (Lipinski definition) is 4. The molecule has 0 radical (unpaired) electrons. The van der Waals surface area contributed by atoms with Gasteiger partial charge in [0.2, 0.25) is 5.91 Å². The van der Waals surface area contributed by atoms with Crippen molar-refractivity contribution < 1.29 is 9.18 Å². The number of H-pyrrole nitrogens is 1. The Kier molecular flexibility index (Phi) is 5.85. The first-order valence-electron chi connectivity index (χ1n) is 9.70. The summed E-state index contributed by atoms with van der Waals surface area (Å²) >= 11 is 2.26. The van der Waals surface area contributed by atoms with Gasteiger partial charge in [-0.3, -0.25) is 15.3 Å². The number of benzene rings is 2. The van der Waals surface area contributed by atoms with E-state index in [1.807, 2.05) is 38.1 Å². The molecule has 2 heterocycles. The van der Waals surface area contributed by atoms with Crippen LogP contribution in [-0.4, -0.2) is 26.9 Å². The van der Waals surface area contributed by atoms with E-state index in [4.69, 9.17) is 4.99 Å². The molecule has 1 aromatic heterocycles. The Morgan fingerprint density at radius 3 is 2.70 bits per heavy atom. The van der Waals surface area contributed by atoms with Crippen LogP contribution < -0.4 is 5.43 Å². The van der Waals surface area contributed by atoms with Gasteiger partial charge in [-0.1, -0.05) is 30.7 Å². The molecule has 2 aromatic carbocycles. The van der Waals surface area contributed by atoms with Gasteiger partial charge in [0.05, 0.1) is 5.69 Å². The molecule has 154 valence electrons. The molecule has 0 bridgehead atoms. The lowest BCUT2D eigenvalue weighted by molar-refractivity contribution is -0.124. The molecule has 1 aliphatic heterocycles. The van der Waals surface area contributed by atoms with Gasteiger partial charge in [-0.15, -0.1) is 0 Å². The number of hydrazine groups is 1. The molecule has 0 fully saturated rings. The van der Waals surface area contributed by atoms with Crippen LogP contribution in [0.1, 0.15) is 40.6 Å². The normalized spacial score (nSPS) is 15.5. The van der Waals surface area contributed by atoms with Gasteiger partial charge < -0.3 is 0 Å². The molecule has 8 heteroatoms. The molecule has 6 nitrogen and oxygen atoms in total. The van der Waals surface area contributed by atoms with Gasteiger partial charge in [0.1, 0.15) is 21.2 Å². The lowest BCUT2D eigenvalue weighted by Crippen LogP contribution is -2.48. The van der Waals surface area contributed by atoms with Crippen molar-refractivity contribution in [1.29, 1.82) is 0 Å². The summed E-state index contributed by atoms with van der Waals surface area (Å²) in [6, 6.07) is 14.2. The predicted octanol–water partition coefficient (Wildman–Crippen LogP) is 5.18. The molecular weight excluding hydrogens is 496 g/mol. The summed E-state index contributed by atoms with van der Waals surface area (Å²) in [7, 11) is 0. The van der Waals surface area contributed by atoms with Crippen LogP contribution in [0.4, 0.5) is 10.1 Å². The van der Waals surface area contributed by atoms with Crippen molar-refractivity contribution in [1.82, 2.24) is 20.6 Å². The van der Waals surface area contributed by atoms with Gasteiger partial charge in [-0.2, -0.15) is 5.10 Å². The molecule has 0 spiro atoms. The average Bonchev–Trinajstić information content (AvgIpc) is 3.15. The number of hydrogen-bond donors (Lipinski definition) is 2. The highest BCUT2D eigenvalue weighted by Crippen LogP contribution is 2.43. The Morgan fingerprint density at radius 1 is 1.23 bits per heavy atom. The number of aliphatic imine (C=N–C) groups is 1. The number of carbonyl (C=O) groups excluding carboxylic acids is 1. The summed E-state index contributed by atoms with van der Waals surface area (Å²) in [5.74, 6) is 0.268. The maximum atomic E-state index is 13.4. The van der Waals surface area contributed by atoms with Crippen molar-refractivity contribution >= 4 is 40.0 Å². The molecule has 2 N–H and O–H groups in total. The third kappa shape index (κ3) is 3.96. The predicted molar refractivity (Wildman–Crippen MR) is 123 cm³/mol. The largest absolute Gasteiger partial charge is 0.277 e. The topological polar surface area (TPSA) is 73.4 Å². The van der Waals surface area contributed by atoms with E-state index in [9.17, 15) is 9.18 Å². The number of aryl methyl sites for hydroxylation is 1. The zero-order valence-electron chi connectivity index (χ0n) is 16.6. The SMILES string of the molecule is CCCC(=O)NN1C(c2cccc(C)c2)=Nc2c(-c3ccc(F)cc3)n[nH]c2C1I. The van der Waals surface area contributed by atoms with Gasteiger partial charge in [-0.05, 0) is 66.3 Å². The van der Waals surface area contributed by atoms with E-state index in [1.165, 1.54) is 12.1 Å². The van der Waals surface area contributed by atoms with Crippen LogP contribution >= 0.6 is 22.6 Å². The first-order chi connectivity index (χ1) is 14.5. The number of aromatic nitrogens is 2. The number of nitrogens with one attached hydrogen (secondary N) is 2. The summed E-state index contributed by atoms with van der Waals surface area (Å²) in [6.07, 6.45) is 1.18. The molecule has 0 aliphatic carbocycles. The zero-order valence-corrected chi connectivity index (χ0v) is 18.8. The number of nitrogens with zero attached hydrogens (tertiary/aromatic N) is 3. The van der Waals surface area contributed by atoms with Gasteiger partial charge >= 0.3 is 0 Å². The average molecular weight is 517 g/mol. The quantitative estimate of drug-likeness (QED) is 0.278. The van der Waals surface area contributed by atoms with E-state index in [0.717, 1.165) is 28.8 Å². The summed E-state index contributed by atoms with van der Waals surface area (Å²) in [5, 5.41) is 9.28. The second kappa shape index (κ2) is 8.55. The number of halogens is 2.